The number of unbranched alkanes of at least 4 members (excludes halogenated alkanes) is 9. The summed E-state index contributed by atoms with van der Waals surface area (Å²) in [6.07, 6.45) is 12.9. The van der Waals surface area contributed by atoms with E-state index in [0.717, 1.165) is 13.0 Å². The van der Waals surface area contributed by atoms with Gasteiger partial charge in [0, 0.05) is 6.54 Å². The minimum Gasteiger partial charge on any atom is -0.364 e. The van der Waals surface area contributed by atoms with E-state index in [-0.39, 0.29) is 18.0 Å². The Bertz CT molecular complexity index is 373. The lowest BCUT2D eigenvalue weighted by molar-refractivity contribution is -0.396. The predicted molar refractivity (Wildman–Crippen MR) is 112 cm³/mol. The van der Waals surface area contributed by atoms with Gasteiger partial charge in [-0.25, -0.2) is 0 Å². The highest BCUT2D eigenvalue weighted by atomic mass is 33.1. The second-order valence-corrected chi connectivity index (χ2v) is 9.39. The van der Waals surface area contributed by atoms with Gasteiger partial charge in [-0.05, 0) is 6.42 Å². The van der Waals surface area contributed by atoms with Gasteiger partial charge in [0.25, 0.3) is 11.8 Å². The van der Waals surface area contributed by atoms with Gasteiger partial charge in [0.1, 0.15) is 0 Å². The first-order chi connectivity index (χ1) is 12.5. The molecule has 0 aliphatic carbocycles. The summed E-state index contributed by atoms with van der Waals surface area (Å²) in [4.78, 5) is 22.8. The Morgan fingerprint density at radius 3 is 1.81 bits per heavy atom. The third-order valence-corrected chi connectivity index (χ3v) is 6.78. The molecule has 0 aromatic rings. The molecule has 0 aliphatic rings. The van der Waals surface area contributed by atoms with Crippen LogP contribution in [0.15, 0.2) is 0 Å². The summed E-state index contributed by atoms with van der Waals surface area (Å²) in [5, 5.41) is 2.97. The summed E-state index contributed by atoms with van der Waals surface area (Å²) in [7, 11) is 3.05. The highest BCUT2D eigenvalue weighted by molar-refractivity contribution is 8.76. The summed E-state index contributed by atoms with van der Waals surface area (Å²) in [6, 6.07) is -0.659. The molecule has 0 aromatic heterocycles. The minimum atomic E-state index is -0.390. The van der Waals surface area contributed by atoms with Crippen LogP contribution in [-0.4, -0.2) is 41.9 Å². The first-order valence-electron chi connectivity index (χ1n) is 9.96. The van der Waals surface area contributed by atoms with Crippen LogP contribution in [0, 0.1) is 0 Å². The third-order valence-electron chi connectivity index (χ3n) is 4.22. The number of carbonyl (C=O) groups excluding carboxylic acids is 2. The Kier molecular flexibility index (Phi) is 17.6. The van der Waals surface area contributed by atoms with Crippen LogP contribution in [0.5, 0.6) is 0 Å². The Morgan fingerprint density at radius 2 is 1.31 bits per heavy atom. The lowest BCUT2D eigenvalue weighted by Crippen LogP contribution is -2.69. The fourth-order valence-electron chi connectivity index (χ4n) is 2.39. The maximum Gasteiger partial charge on any atom is 0.279 e. The Morgan fingerprint density at radius 1 is 0.846 bits per heavy atom. The second kappa shape index (κ2) is 17.9. The fourth-order valence-corrected chi connectivity index (χ4v) is 4.79. The van der Waals surface area contributed by atoms with Gasteiger partial charge in [-0.2, -0.15) is 0 Å². The first kappa shape index (κ1) is 25.6. The first-order valence-corrected chi connectivity index (χ1v) is 12.4. The van der Waals surface area contributed by atoms with E-state index >= 15 is 0 Å². The topological polar surface area (TPSA) is 127 Å². The largest absolute Gasteiger partial charge is 0.364 e. The van der Waals surface area contributed by atoms with Crippen LogP contribution in [0.2, 0.25) is 0 Å². The van der Waals surface area contributed by atoms with Gasteiger partial charge in [-0.1, -0.05) is 86.3 Å². The van der Waals surface area contributed by atoms with Crippen molar-refractivity contribution in [1.82, 2.24) is 5.32 Å². The molecule has 0 fully saturated rings. The Balaban J connectivity index is 3.43. The van der Waals surface area contributed by atoms with Gasteiger partial charge in [0.05, 0.1) is 11.5 Å². The molecule has 2 unspecified atom stereocenters. The summed E-state index contributed by atoms with van der Waals surface area (Å²) < 4.78 is 0. The van der Waals surface area contributed by atoms with E-state index in [0.29, 0.717) is 11.5 Å². The van der Waals surface area contributed by atoms with Crippen molar-refractivity contribution >= 4 is 33.4 Å². The van der Waals surface area contributed by atoms with E-state index in [4.69, 9.17) is 5.73 Å². The van der Waals surface area contributed by atoms with Crippen molar-refractivity contribution in [3.05, 3.63) is 0 Å². The number of rotatable bonds is 18. The van der Waals surface area contributed by atoms with Crippen molar-refractivity contribution in [2.24, 2.45) is 5.73 Å². The fraction of sp³-hybridized carbons (Fsp3) is 0.889. The van der Waals surface area contributed by atoms with Gasteiger partial charge >= 0.3 is 0 Å². The average Bonchev–Trinajstić information content (AvgIpc) is 2.62. The van der Waals surface area contributed by atoms with Crippen LogP contribution in [-0.2, 0) is 9.59 Å². The third kappa shape index (κ3) is 15.8. The molecule has 0 spiro atoms. The normalized spacial score (nSPS) is 13.3. The SMILES string of the molecule is CCCCCCCCCCCCNC(=O)C([NH3+])CSSCC([NH3+])C(N)=O. The Hall–Kier alpha value is -0.440. The molecule has 0 saturated carbocycles. The lowest BCUT2D eigenvalue weighted by atomic mass is 10.1. The van der Waals surface area contributed by atoms with Crippen LogP contribution in [0.3, 0.4) is 0 Å². The van der Waals surface area contributed by atoms with Crippen molar-refractivity contribution in [2.45, 2.75) is 83.2 Å². The van der Waals surface area contributed by atoms with Gasteiger partial charge in [-0.3, -0.25) is 9.59 Å². The van der Waals surface area contributed by atoms with E-state index in [2.05, 4.69) is 23.7 Å². The molecule has 0 aromatic carbocycles. The molecule has 0 heterocycles. The molecule has 26 heavy (non-hydrogen) atoms. The van der Waals surface area contributed by atoms with Gasteiger partial charge < -0.3 is 22.5 Å². The molecule has 2 amide bonds. The zero-order valence-electron chi connectivity index (χ0n) is 16.5. The molecule has 9 N–H and O–H groups in total. The number of primary amides is 1. The number of hydrogen-bond acceptors (Lipinski definition) is 4. The Labute approximate surface area is 166 Å². The van der Waals surface area contributed by atoms with E-state index in [9.17, 15) is 9.59 Å². The maximum atomic E-state index is 12.0. The van der Waals surface area contributed by atoms with E-state index in [1.807, 2.05) is 0 Å². The number of nitrogens with two attached hydrogens (primary N) is 1. The standard InChI is InChI=1S/C18H38N4O2S2/c1-2-3-4-5-6-7-8-9-10-11-12-22-18(24)16(20)14-26-25-13-15(19)17(21)23/h15-16H,2-14,19-20H2,1H3,(H2,21,23)(H,22,24)/p+2. The summed E-state index contributed by atoms with van der Waals surface area (Å²) in [5.74, 6) is 0.807. The van der Waals surface area contributed by atoms with Gasteiger partial charge in [0.15, 0.2) is 12.1 Å². The van der Waals surface area contributed by atoms with Crippen molar-refractivity contribution in [2.75, 3.05) is 18.1 Å². The van der Waals surface area contributed by atoms with Gasteiger partial charge in [-0.15, -0.1) is 0 Å². The van der Waals surface area contributed by atoms with Crippen molar-refractivity contribution in [1.29, 1.82) is 0 Å². The quantitative estimate of drug-likeness (QED) is 0.200. The summed E-state index contributed by atoms with van der Waals surface area (Å²) >= 11 is 0. The molecule has 0 saturated heterocycles. The highest BCUT2D eigenvalue weighted by Gasteiger charge is 2.18. The summed E-state index contributed by atoms with van der Waals surface area (Å²) in [5.41, 5.74) is 12.7. The zero-order chi connectivity index (χ0) is 19.6. The second-order valence-electron chi connectivity index (χ2n) is 6.84. The van der Waals surface area contributed by atoms with Crippen LogP contribution in [0.1, 0.15) is 71.1 Å². The molecule has 0 aliphatic heterocycles. The van der Waals surface area contributed by atoms with Crippen molar-refractivity contribution in [3.8, 4) is 0 Å². The molecule has 0 rings (SSSR count). The molecule has 8 heteroatoms. The van der Waals surface area contributed by atoms with E-state index < -0.39 is 5.91 Å². The molecule has 154 valence electrons. The van der Waals surface area contributed by atoms with Crippen molar-refractivity contribution < 1.29 is 21.1 Å². The molecule has 0 bridgehead atoms. The minimum absolute atomic E-state index is 0.00935. The molecule has 0 radical (unpaired) electrons. The lowest BCUT2D eigenvalue weighted by Gasteiger charge is -2.09. The van der Waals surface area contributed by atoms with Crippen LogP contribution >= 0.6 is 21.6 Å². The summed E-state index contributed by atoms with van der Waals surface area (Å²) in [6.45, 7) is 2.99. The zero-order valence-corrected chi connectivity index (χ0v) is 18.1. The van der Waals surface area contributed by atoms with Crippen LogP contribution in [0.25, 0.3) is 0 Å². The number of nitrogens with one attached hydrogen (secondary N) is 1. The van der Waals surface area contributed by atoms with Gasteiger partial charge in [0.2, 0.25) is 0 Å². The smallest absolute Gasteiger partial charge is 0.279 e. The van der Waals surface area contributed by atoms with Crippen LogP contribution in [0.4, 0.5) is 0 Å². The monoisotopic (exact) mass is 408 g/mol. The van der Waals surface area contributed by atoms with E-state index in [1.165, 1.54) is 68.6 Å². The number of amides is 2. The molecular weight excluding hydrogens is 368 g/mol. The predicted octanol–water partition coefficient (Wildman–Crippen LogP) is 1.11. The molecular formula is C18H40N4O2S2+2. The number of hydrogen-bond donors (Lipinski definition) is 4. The molecule has 6 nitrogen and oxygen atoms in total. The number of carbonyl (C=O) groups is 2. The highest BCUT2D eigenvalue weighted by Crippen LogP contribution is 2.21. The molecule has 2 atom stereocenters. The van der Waals surface area contributed by atoms with Crippen LogP contribution < -0.4 is 22.5 Å². The number of quaternary nitrogens is 2. The average molecular weight is 409 g/mol. The maximum absolute atomic E-state index is 12.0. The van der Waals surface area contributed by atoms with Crippen molar-refractivity contribution in [3.63, 3.8) is 0 Å². The van der Waals surface area contributed by atoms with E-state index in [1.54, 1.807) is 10.8 Å².